The van der Waals surface area contributed by atoms with Crippen LogP contribution in [0.5, 0.6) is 0 Å². The Kier molecular flexibility index (Phi) is 2.02. The van der Waals surface area contributed by atoms with Gasteiger partial charge in [-0.1, -0.05) is 5.11 Å². The van der Waals surface area contributed by atoms with Crippen LogP contribution in [-0.2, 0) is 0 Å². The van der Waals surface area contributed by atoms with E-state index in [1.165, 1.54) is 0 Å². The van der Waals surface area contributed by atoms with Crippen LogP contribution >= 0.6 is 0 Å². The second-order valence-corrected chi connectivity index (χ2v) is 2.97. The van der Waals surface area contributed by atoms with Gasteiger partial charge in [0.15, 0.2) is 0 Å². The topological polar surface area (TPSA) is 64.9 Å². The maximum absolute atomic E-state index is 8.19. The van der Waals surface area contributed by atoms with E-state index in [9.17, 15) is 0 Å². The summed E-state index contributed by atoms with van der Waals surface area (Å²) in [6.07, 6.45) is 3.52. The van der Waals surface area contributed by atoms with Gasteiger partial charge < -0.3 is 4.90 Å². The molecule has 0 atom stereocenters. The first-order valence-corrected chi connectivity index (χ1v) is 4.09. The fraction of sp³-hybridized carbons (Fsp3) is 0.375. The molecule has 66 valence electrons. The minimum absolute atomic E-state index is 0.137. The number of rotatable bonds is 2. The average molecular weight is 175 g/mol. The maximum Gasteiger partial charge on any atom is 0.0724 e. The quantitative estimate of drug-likeness (QED) is 0.389. The summed E-state index contributed by atoms with van der Waals surface area (Å²) in [6.45, 7) is 1.63. The minimum Gasteiger partial charge on any atom is -0.370 e. The summed E-state index contributed by atoms with van der Waals surface area (Å²) < 4.78 is 0. The van der Waals surface area contributed by atoms with Gasteiger partial charge in [-0.3, -0.25) is 4.98 Å². The van der Waals surface area contributed by atoms with Crippen molar-refractivity contribution < 1.29 is 0 Å². The van der Waals surface area contributed by atoms with Crippen molar-refractivity contribution in [2.75, 3.05) is 18.0 Å². The molecule has 1 saturated heterocycles. The van der Waals surface area contributed by atoms with Gasteiger partial charge in [-0.2, -0.15) is 0 Å². The first-order valence-electron chi connectivity index (χ1n) is 4.09. The number of aromatic nitrogens is 1. The Labute approximate surface area is 75.6 Å². The van der Waals surface area contributed by atoms with Crippen LogP contribution in [-0.4, -0.2) is 24.1 Å². The summed E-state index contributed by atoms with van der Waals surface area (Å²) in [5.74, 6) is 0. The van der Waals surface area contributed by atoms with Gasteiger partial charge in [-0.05, 0) is 17.7 Å². The van der Waals surface area contributed by atoms with Gasteiger partial charge in [-0.15, -0.1) is 0 Å². The highest BCUT2D eigenvalue weighted by Gasteiger charge is 2.25. The fourth-order valence-electron chi connectivity index (χ4n) is 1.37. The van der Waals surface area contributed by atoms with Crippen molar-refractivity contribution >= 4 is 5.69 Å². The van der Waals surface area contributed by atoms with Crippen LogP contribution in [0.25, 0.3) is 10.4 Å². The lowest BCUT2D eigenvalue weighted by atomic mass is 10.1. The average Bonchev–Trinajstić information content (AvgIpc) is 2.12. The Bertz CT molecular complexity index is 324. The summed E-state index contributed by atoms with van der Waals surface area (Å²) in [5, 5.41) is 3.63. The number of pyridine rings is 1. The molecule has 0 bridgehead atoms. The van der Waals surface area contributed by atoms with Crippen molar-refractivity contribution in [3.63, 3.8) is 0 Å². The molecular formula is C8H9N5. The number of azide groups is 1. The van der Waals surface area contributed by atoms with Crippen molar-refractivity contribution in [2.45, 2.75) is 6.04 Å². The Balaban J connectivity index is 1.97. The molecule has 1 fully saturated rings. The van der Waals surface area contributed by atoms with Crippen molar-refractivity contribution in [1.82, 2.24) is 4.98 Å². The van der Waals surface area contributed by atoms with Crippen molar-refractivity contribution in [3.05, 3.63) is 35.0 Å². The van der Waals surface area contributed by atoms with Gasteiger partial charge in [0.1, 0.15) is 0 Å². The molecule has 0 spiro atoms. The molecule has 1 aliphatic rings. The molecule has 2 rings (SSSR count). The van der Waals surface area contributed by atoms with Crippen LogP contribution in [0.2, 0.25) is 0 Å². The molecule has 0 unspecified atom stereocenters. The molecule has 1 aromatic rings. The first-order chi connectivity index (χ1) is 6.40. The van der Waals surface area contributed by atoms with Crippen molar-refractivity contribution in [3.8, 4) is 0 Å². The molecule has 2 heterocycles. The molecule has 0 radical (unpaired) electrons. The molecule has 13 heavy (non-hydrogen) atoms. The summed E-state index contributed by atoms with van der Waals surface area (Å²) in [5.41, 5.74) is 9.33. The second kappa shape index (κ2) is 3.33. The summed E-state index contributed by atoms with van der Waals surface area (Å²) in [7, 11) is 0. The lowest BCUT2D eigenvalue weighted by Crippen LogP contribution is -2.49. The van der Waals surface area contributed by atoms with E-state index in [1.54, 1.807) is 12.4 Å². The maximum atomic E-state index is 8.19. The molecule has 0 saturated carbocycles. The number of hydrogen-bond acceptors (Lipinski definition) is 3. The smallest absolute Gasteiger partial charge is 0.0724 e. The van der Waals surface area contributed by atoms with Gasteiger partial charge >= 0.3 is 0 Å². The molecular weight excluding hydrogens is 166 g/mol. The summed E-state index contributed by atoms with van der Waals surface area (Å²) >= 11 is 0. The van der Waals surface area contributed by atoms with E-state index < -0.39 is 0 Å². The molecule has 1 aromatic heterocycles. The zero-order chi connectivity index (χ0) is 9.10. The van der Waals surface area contributed by atoms with Crippen LogP contribution in [0, 0.1) is 0 Å². The number of anilines is 1. The normalized spacial score (nSPS) is 16.2. The largest absolute Gasteiger partial charge is 0.370 e. The molecule has 0 aromatic carbocycles. The van der Waals surface area contributed by atoms with E-state index >= 15 is 0 Å². The van der Waals surface area contributed by atoms with Gasteiger partial charge in [0.05, 0.1) is 6.04 Å². The van der Waals surface area contributed by atoms with E-state index in [2.05, 4.69) is 19.9 Å². The Morgan fingerprint density at radius 2 is 2.15 bits per heavy atom. The molecule has 5 nitrogen and oxygen atoms in total. The third-order valence-electron chi connectivity index (χ3n) is 2.11. The van der Waals surface area contributed by atoms with Gasteiger partial charge in [-0.25, -0.2) is 0 Å². The summed E-state index contributed by atoms with van der Waals surface area (Å²) in [4.78, 5) is 8.86. The van der Waals surface area contributed by atoms with E-state index in [0.29, 0.717) is 0 Å². The molecule has 1 aliphatic heterocycles. The van der Waals surface area contributed by atoms with Crippen LogP contribution in [0.3, 0.4) is 0 Å². The second-order valence-electron chi connectivity index (χ2n) is 2.97. The molecule has 0 N–H and O–H groups in total. The van der Waals surface area contributed by atoms with E-state index in [4.69, 9.17) is 5.53 Å². The number of hydrogen-bond donors (Lipinski definition) is 0. The van der Waals surface area contributed by atoms with E-state index in [1.807, 2.05) is 12.1 Å². The van der Waals surface area contributed by atoms with E-state index in [-0.39, 0.29) is 6.04 Å². The van der Waals surface area contributed by atoms with E-state index in [0.717, 1.165) is 18.8 Å². The lowest BCUT2D eigenvalue weighted by molar-refractivity contribution is 0.517. The Morgan fingerprint density at radius 1 is 1.46 bits per heavy atom. The monoisotopic (exact) mass is 175 g/mol. The minimum atomic E-state index is 0.137. The Morgan fingerprint density at radius 3 is 2.77 bits per heavy atom. The molecule has 5 heteroatoms. The predicted molar refractivity (Wildman–Crippen MR) is 49.4 cm³/mol. The van der Waals surface area contributed by atoms with Gasteiger partial charge in [0.25, 0.3) is 0 Å². The fourth-order valence-corrected chi connectivity index (χ4v) is 1.37. The van der Waals surface area contributed by atoms with Gasteiger partial charge in [0, 0.05) is 36.1 Å². The zero-order valence-corrected chi connectivity index (χ0v) is 7.04. The third-order valence-corrected chi connectivity index (χ3v) is 2.11. The zero-order valence-electron chi connectivity index (χ0n) is 7.04. The van der Waals surface area contributed by atoms with Crippen molar-refractivity contribution in [2.24, 2.45) is 5.11 Å². The molecule has 0 amide bonds. The standard InChI is InChI=1S/C8H9N5/c9-12-11-7-5-13(6-7)8-1-3-10-4-2-8/h1-4,7H,5-6H2. The van der Waals surface area contributed by atoms with Crippen LogP contribution < -0.4 is 4.90 Å². The van der Waals surface area contributed by atoms with Crippen LogP contribution in [0.4, 0.5) is 5.69 Å². The molecule has 0 aliphatic carbocycles. The highest BCUT2D eigenvalue weighted by Crippen LogP contribution is 2.20. The number of nitrogens with zero attached hydrogens (tertiary/aromatic N) is 5. The first kappa shape index (κ1) is 7.89. The highest BCUT2D eigenvalue weighted by atomic mass is 15.3. The Hall–Kier alpha value is -1.74. The third kappa shape index (κ3) is 1.55. The van der Waals surface area contributed by atoms with Gasteiger partial charge in [0.2, 0.25) is 0 Å². The lowest BCUT2D eigenvalue weighted by Gasteiger charge is -2.38. The summed E-state index contributed by atoms with van der Waals surface area (Å²) in [6, 6.07) is 4.04. The highest BCUT2D eigenvalue weighted by molar-refractivity contribution is 5.47. The van der Waals surface area contributed by atoms with Crippen LogP contribution in [0.15, 0.2) is 29.6 Å². The SMILES string of the molecule is [N-]=[N+]=NC1CN(c2ccncc2)C1. The predicted octanol–water partition coefficient (Wildman–Crippen LogP) is 1.58. The van der Waals surface area contributed by atoms with Crippen LogP contribution in [0.1, 0.15) is 0 Å². The van der Waals surface area contributed by atoms with Crippen molar-refractivity contribution in [1.29, 1.82) is 0 Å².